The van der Waals surface area contributed by atoms with Crippen LogP contribution in [0.15, 0.2) is 28.9 Å². The Labute approximate surface area is 111 Å². The highest BCUT2D eigenvalue weighted by Crippen LogP contribution is 2.15. The van der Waals surface area contributed by atoms with Crippen LogP contribution in [0.4, 0.5) is 0 Å². The van der Waals surface area contributed by atoms with E-state index in [4.69, 9.17) is 4.42 Å². The van der Waals surface area contributed by atoms with Gasteiger partial charge >= 0.3 is 0 Å². The first-order valence-corrected chi connectivity index (χ1v) is 6.14. The lowest BCUT2D eigenvalue weighted by atomic mass is 10.1. The summed E-state index contributed by atoms with van der Waals surface area (Å²) >= 11 is 0. The van der Waals surface area contributed by atoms with Gasteiger partial charge in [0, 0.05) is 18.8 Å². The van der Waals surface area contributed by atoms with Crippen molar-refractivity contribution >= 4 is 5.91 Å². The van der Waals surface area contributed by atoms with E-state index < -0.39 is 0 Å². The Morgan fingerprint density at radius 3 is 2.95 bits per heavy atom. The molecule has 0 saturated carbocycles. The van der Waals surface area contributed by atoms with Gasteiger partial charge in [0.1, 0.15) is 0 Å². The third kappa shape index (κ3) is 3.87. The average Bonchev–Trinajstić information content (AvgIpc) is 2.85. The molecule has 0 aromatic carbocycles. The fourth-order valence-corrected chi connectivity index (χ4v) is 1.55. The number of pyridine rings is 1. The van der Waals surface area contributed by atoms with Crippen molar-refractivity contribution in [1.82, 2.24) is 20.5 Å². The van der Waals surface area contributed by atoms with Crippen molar-refractivity contribution in [2.45, 2.75) is 26.8 Å². The van der Waals surface area contributed by atoms with Crippen LogP contribution in [0, 0.1) is 5.92 Å². The highest BCUT2D eigenvalue weighted by molar-refractivity contribution is 5.75. The standard InChI is InChI=1S/C13H16N4O2/c1-9(2)6-11(18)15-8-12-16-17-13(19-12)10-4-3-5-14-7-10/h3-5,7,9H,6,8H2,1-2H3,(H,15,18). The second-order valence-corrected chi connectivity index (χ2v) is 4.62. The van der Waals surface area contributed by atoms with Gasteiger partial charge in [-0.05, 0) is 18.1 Å². The summed E-state index contributed by atoms with van der Waals surface area (Å²) in [7, 11) is 0. The van der Waals surface area contributed by atoms with E-state index >= 15 is 0 Å². The molecule has 2 aromatic rings. The Morgan fingerprint density at radius 1 is 1.42 bits per heavy atom. The van der Waals surface area contributed by atoms with Crippen molar-refractivity contribution in [2.24, 2.45) is 5.92 Å². The normalized spacial score (nSPS) is 10.7. The molecule has 0 unspecified atom stereocenters. The molecule has 19 heavy (non-hydrogen) atoms. The molecule has 0 atom stereocenters. The van der Waals surface area contributed by atoms with Gasteiger partial charge in [0.2, 0.25) is 17.7 Å². The van der Waals surface area contributed by atoms with E-state index in [2.05, 4.69) is 20.5 Å². The van der Waals surface area contributed by atoms with Crippen LogP contribution in [0.1, 0.15) is 26.2 Å². The van der Waals surface area contributed by atoms with Crippen molar-refractivity contribution in [3.8, 4) is 11.5 Å². The van der Waals surface area contributed by atoms with Gasteiger partial charge in [-0.15, -0.1) is 10.2 Å². The minimum Gasteiger partial charge on any atom is -0.419 e. The van der Waals surface area contributed by atoms with Crippen LogP contribution >= 0.6 is 0 Å². The molecular formula is C13H16N4O2. The molecule has 0 saturated heterocycles. The fraction of sp³-hybridized carbons (Fsp3) is 0.385. The maximum Gasteiger partial charge on any atom is 0.249 e. The van der Waals surface area contributed by atoms with Crippen molar-refractivity contribution in [2.75, 3.05) is 0 Å². The van der Waals surface area contributed by atoms with E-state index in [-0.39, 0.29) is 12.5 Å². The van der Waals surface area contributed by atoms with Gasteiger partial charge in [-0.3, -0.25) is 9.78 Å². The van der Waals surface area contributed by atoms with Gasteiger partial charge < -0.3 is 9.73 Å². The molecule has 1 N–H and O–H groups in total. The Balaban J connectivity index is 1.93. The van der Waals surface area contributed by atoms with Gasteiger partial charge in [0.25, 0.3) is 0 Å². The number of nitrogens with one attached hydrogen (secondary N) is 1. The first kappa shape index (κ1) is 13.2. The maximum absolute atomic E-state index is 11.5. The monoisotopic (exact) mass is 260 g/mol. The summed E-state index contributed by atoms with van der Waals surface area (Å²) in [5, 5.41) is 10.5. The number of nitrogens with zero attached hydrogens (tertiary/aromatic N) is 3. The Kier molecular flexibility index (Phi) is 4.22. The number of carbonyl (C=O) groups is 1. The zero-order chi connectivity index (χ0) is 13.7. The molecule has 0 aliphatic carbocycles. The molecule has 100 valence electrons. The zero-order valence-corrected chi connectivity index (χ0v) is 11.0. The molecule has 0 bridgehead atoms. The van der Waals surface area contributed by atoms with Crippen LogP contribution < -0.4 is 5.32 Å². The van der Waals surface area contributed by atoms with E-state index in [1.807, 2.05) is 19.9 Å². The maximum atomic E-state index is 11.5. The molecule has 1 amide bonds. The third-order valence-electron chi connectivity index (χ3n) is 2.41. The van der Waals surface area contributed by atoms with Gasteiger partial charge in [0.05, 0.1) is 12.1 Å². The number of aromatic nitrogens is 3. The molecular weight excluding hydrogens is 244 g/mol. The van der Waals surface area contributed by atoms with Gasteiger partial charge in [0.15, 0.2) is 0 Å². The van der Waals surface area contributed by atoms with E-state index in [1.54, 1.807) is 18.5 Å². The summed E-state index contributed by atoms with van der Waals surface area (Å²) in [4.78, 5) is 15.5. The molecule has 0 radical (unpaired) electrons. The average molecular weight is 260 g/mol. The molecule has 2 rings (SSSR count). The van der Waals surface area contributed by atoms with Crippen molar-refractivity contribution in [1.29, 1.82) is 0 Å². The Morgan fingerprint density at radius 2 is 2.26 bits per heavy atom. The van der Waals surface area contributed by atoms with Crippen LogP contribution in [0.5, 0.6) is 0 Å². The van der Waals surface area contributed by atoms with Crippen molar-refractivity contribution in [3.63, 3.8) is 0 Å². The molecule has 2 heterocycles. The SMILES string of the molecule is CC(C)CC(=O)NCc1nnc(-c2cccnc2)o1. The lowest BCUT2D eigenvalue weighted by Crippen LogP contribution is -2.24. The first-order chi connectivity index (χ1) is 9.15. The summed E-state index contributed by atoms with van der Waals surface area (Å²) in [5.74, 6) is 1.10. The topological polar surface area (TPSA) is 80.9 Å². The molecule has 6 heteroatoms. The number of hydrogen-bond acceptors (Lipinski definition) is 5. The van der Waals surface area contributed by atoms with E-state index in [0.717, 1.165) is 5.56 Å². The minimum atomic E-state index is -0.0175. The first-order valence-electron chi connectivity index (χ1n) is 6.14. The third-order valence-corrected chi connectivity index (χ3v) is 2.41. The van der Waals surface area contributed by atoms with Gasteiger partial charge in [-0.1, -0.05) is 13.8 Å². The number of carbonyl (C=O) groups excluding carboxylic acids is 1. The number of hydrogen-bond donors (Lipinski definition) is 1. The van der Waals surface area contributed by atoms with Gasteiger partial charge in [-0.25, -0.2) is 0 Å². The van der Waals surface area contributed by atoms with E-state index in [9.17, 15) is 4.79 Å². The second-order valence-electron chi connectivity index (χ2n) is 4.62. The highest BCUT2D eigenvalue weighted by Gasteiger charge is 2.10. The smallest absolute Gasteiger partial charge is 0.249 e. The fourth-order valence-electron chi connectivity index (χ4n) is 1.55. The van der Waals surface area contributed by atoms with E-state index in [0.29, 0.717) is 24.1 Å². The minimum absolute atomic E-state index is 0.0175. The van der Waals surface area contributed by atoms with Crippen molar-refractivity contribution in [3.05, 3.63) is 30.4 Å². The quantitative estimate of drug-likeness (QED) is 0.886. The molecule has 2 aromatic heterocycles. The summed E-state index contributed by atoms with van der Waals surface area (Å²) in [6.45, 7) is 4.23. The predicted octanol–water partition coefficient (Wildman–Crippen LogP) is 1.79. The van der Waals surface area contributed by atoms with E-state index in [1.165, 1.54) is 0 Å². The predicted molar refractivity (Wildman–Crippen MR) is 68.8 cm³/mol. The molecule has 0 fully saturated rings. The molecule has 0 spiro atoms. The largest absolute Gasteiger partial charge is 0.419 e. The Bertz CT molecular complexity index is 537. The number of amides is 1. The van der Waals surface area contributed by atoms with Crippen LogP contribution in [-0.2, 0) is 11.3 Å². The summed E-state index contributed by atoms with van der Waals surface area (Å²) in [6, 6.07) is 3.63. The van der Waals surface area contributed by atoms with Gasteiger partial charge in [-0.2, -0.15) is 0 Å². The molecule has 0 aliphatic rings. The highest BCUT2D eigenvalue weighted by atomic mass is 16.4. The summed E-state index contributed by atoms with van der Waals surface area (Å²) in [5.41, 5.74) is 0.759. The summed E-state index contributed by atoms with van der Waals surface area (Å²) in [6.07, 6.45) is 3.81. The summed E-state index contributed by atoms with van der Waals surface area (Å²) < 4.78 is 5.45. The second kappa shape index (κ2) is 6.08. The van der Waals surface area contributed by atoms with Crippen LogP contribution in [0.3, 0.4) is 0 Å². The van der Waals surface area contributed by atoms with Crippen LogP contribution in [0.2, 0.25) is 0 Å². The Hall–Kier alpha value is -2.24. The lowest BCUT2D eigenvalue weighted by molar-refractivity contribution is -0.122. The molecule has 0 aliphatic heterocycles. The molecule has 6 nitrogen and oxygen atoms in total. The number of rotatable bonds is 5. The van der Waals surface area contributed by atoms with Crippen LogP contribution in [0.25, 0.3) is 11.5 Å². The zero-order valence-electron chi connectivity index (χ0n) is 11.0. The van der Waals surface area contributed by atoms with Crippen molar-refractivity contribution < 1.29 is 9.21 Å². The van der Waals surface area contributed by atoms with Crippen LogP contribution in [-0.4, -0.2) is 21.1 Å². The lowest BCUT2D eigenvalue weighted by Gasteiger charge is -2.04.